The number of piperidine rings is 1. The topological polar surface area (TPSA) is 46.6 Å². The zero-order valence-corrected chi connectivity index (χ0v) is 15.4. The summed E-state index contributed by atoms with van der Waals surface area (Å²) < 4.78 is 5.43. The lowest BCUT2D eigenvalue weighted by molar-refractivity contribution is -0.150. The second kappa shape index (κ2) is 7.83. The van der Waals surface area contributed by atoms with Gasteiger partial charge in [0.1, 0.15) is 0 Å². The highest BCUT2D eigenvalue weighted by molar-refractivity contribution is 7.10. The molecule has 1 aliphatic heterocycles. The predicted octanol–water partition coefficient (Wildman–Crippen LogP) is 4.49. The molecule has 5 heteroatoms. The third kappa shape index (κ3) is 3.76. The molecule has 2 heterocycles. The third-order valence-corrected chi connectivity index (χ3v) is 5.44. The summed E-state index contributed by atoms with van der Waals surface area (Å²) >= 11 is 1.58. The molecule has 0 bridgehead atoms. The van der Waals surface area contributed by atoms with E-state index in [1.54, 1.807) is 16.2 Å². The van der Waals surface area contributed by atoms with Crippen molar-refractivity contribution >= 4 is 28.9 Å². The van der Waals surface area contributed by atoms with E-state index in [1.807, 2.05) is 55.6 Å². The van der Waals surface area contributed by atoms with Gasteiger partial charge in [0.25, 0.3) is 0 Å². The van der Waals surface area contributed by atoms with Gasteiger partial charge >= 0.3 is 5.97 Å². The first kappa shape index (κ1) is 17.7. The molecule has 1 aliphatic rings. The minimum Gasteiger partial charge on any atom is -0.465 e. The zero-order valence-electron chi connectivity index (χ0n) is 14.6. The van der Waals surface area contributed by atoms with E-state index in [-0.39, 0.29) is 23.8 Å². The summed E-state index contributed by atoms with van der Waals surface area (Å²) in [5.41, 5.74) is 1.97. The van der Waals surface area contributed by atoms with E-state index in [0.29, 0.717) is 19.4 Å². The van der Waals surface area contributed by atoms with Crippen molar-refractivity contribution in [3.05, 3.63) is 52.2 Å². The molecule has 1 amide bonds. The lowest BCUT2D eigenvalue weighted by Gasteiger charge is -2.39. The first-order chi connectivity index (χ1) is 12.1. The van der Waals surface area contributed by atoms with Gasteiger partial charge in [0.15, 0.2) is 0 Å². The number of ether oxygens (including phenoxy) is 1. The van der Waals surface area contributed by atoms with Crippen LogP contribution in [0.4, 0.5) is 5.69 Å². The minimum atomic E-state index is -0.329. The molecule has 1 aromatic carbocycles. The fraction of sp³-hybridized carbons (Fsp3) is 0.400. The van der Waals surface area contributed by atoms with Gasteiger partial charge in [-0.05, 0) is 43.3 Å². The van der Waals surface area contributed by atoms with Gasteiger partial charge in [-0.25, -0.2) is 0 Å². The molecular formula is C20H23NO3S. The molecule has 2 unspecified atom stereocenters. The average Bonchev–Trinajstić information content (AvgIpc) is 3.14. The molecule has 0 spiro atoms. The Hall–Kier alpha value is -2.14. The summed E-state index contributed by atoms with van der Waals surface area (Å²) in [5, 5.41) is 1.98. The van der Waals surface area contributed by atoms with Gasteiger partial charge in [0, 0.05) is 17.0 Å². The lowest BCUT2D eigenvalue weighted by Crippen LogP contribution is -2.45. The van der Waals surface area contributed by atoms with Gasteiger partial charge < -0.3 is 9.64 Å². The fourth-order valence-electron chi connectivity index (χ4n) is 3.24. The maximum atomic E-state index is 12.7. The SMILES string of the molecule is CCCOC(=O)C1CCC(=O)N(c2ccc(C)cc2)C1c1cccs1. The number of rotatable bonds is 5. The second-order valence-electron chi connectivity index (χ2n) is 6.37. The summed E-state index contributed by atoms with van der Waals surface area (Å²) in [4.78, 5) is 28.2. The number of hydrogen-bond acceptors (Lipinski definition) is 4. The number of aryl methyl sites for hydroxylation is 1. The highest BCUT2D eigenvalue weighted by Gasteiger charge is 2.42. The molecular weight excluding hydrogens is 334 g/mol. The van der Waals surface area contributed by atoms with Crippen LogP contribution in [-0.2, 0) is 14.3 Å². The minimum absolute atomic E-state index is 0.0572. The smallest absolute Gasteiger partial charge is 0.311 e. The monoisotopic (exact) mass is 357 g/mol. The van der Waals surface area contributed by atoms with E-state index in [9.17, 15) is 9.59 Å². The van der Waals surface area contributed by atoms with Crippen molar-refractivity contribution < 1.29 is 14.3 Å². The largest absolute Gasteiger partial charge is 0.465 e. The number of nitrogens with zero attached hydrogens (tertiary/aromatic N) is 1. The second-order valence-corrected chi connectivity index (χ2v) is 7.35. The number of anilines is 1. The molecule has 132 valence electrons. The van der Waals surface area contributed by atoms with Crippen molar-refractivity contribution in [3.63, 3.8) is 0 Å². The molecule has 2 atom stereocenters. The van der Waals surface area contributed by atoms with Crippen LogP contribution in [0.15, 0.2) is 41.8 Å². The standard InChI is InChI=1S/C20H23NO3S/c1-3-12-24-20(23)16-10-11-18(22)21(15-8-6-14(2)7-9-15)19(16)17-5-4-13-25-17/h4-9,13,16,19H,3,10-12H2,1-2H3. The van der Waals surface area contributed by atoms with E-state index in [2.05, 4.69) is 0 Å². The van der Waals surface area contributed by atoms with Crippen LogP contribution in [0.25, 0.3) is 0 Å². The molecule has 1 fully saturated rings. The summed E-state index contributed by atoms with van der Waals surface area (Å²) in [6.45, 7) is 4.42. The number of thiophene rings is 1. The third-order valence-electron chi connectivity index (χ3n) is 4.50. The van der Waals surface area contributed by atoms with Crippen molar-refractivity contribution in [2.45, 2.75) is 39.2 Å². The Morgan fingerprint density at radius 2 is 2.04 bits per heavy atom. The number of benzene rings is 1. The molecule has 1 saturated heterocycles. The molecule has 1 aromatic heterocycles. The Morgan fingerprint density at radius 1 is 1.28 bits per heavy atom. The van der Waals surface area contributed by atoms with Crippen LogP contribution in [0, 0.1) is 12.8 Å². The number of carbonyl (C=O) groups excluding carboxylic acids is 2. The van der Waals surface area contributed by atoms with Gasteiger partial charge in [0.2, 0.25) is 5.91 Å². The van der Waals surface area contributed by atoms with Gasteiger partial charge in [-0.2, -0.15) is 0 Å². The lowest BCUT2D eigenvalue weighted by atomic mass is 9.87. The highest BCUT2D eigenvalue weighted by atomic mass is 32.1. The number of esters is 1. The van der Waals surface area contributed by atoms with E-state index in [0.717, 1.165) is 22.5 Å². The number of amides is 1. The van der Waals surface area contributed by atoms with Crippen molar-refractivity contribution in [2.75, 3.05) is 11.5 Å². The van der Waals surface area contributed by atoms with E-state index in [4.69, 9.17) is 4.74 Å². The molecule has 4 nitrogen and oxygen atoms in total. The van der Waals surface area contributed by atoms with Crippen molar-refractivity contribution in [1.29, 1.82) is 0 Å². The van der Waals surface area contributed by atoms with Crippen LogP contribution >= 0.6 is 11.3 Å². The van der Waals surface area contributed by atoms with Gasteiger partial charge in [0.05, 0.1) is 18.6 Å². The Morgan fingerprint density at radius 3 is 2.68 bits per heavy atom. The molecule has 0 radical (unpaired) electrons. The molecule has 0 saturated carbocycles. The highest BCUT2D eigenvalue weighted by Crippen LogP contribution is 2.42. The van der Waals surface area contributed by atoms with E-state index >= 15 is 0 Å². The Bertz CT molecular complexity index is 724. The van der Waals surface area contributed by atoms with Crippen LogP contribution in [-0.4, -0.2) is 18.5 Å². The van der Waals surface area contributed by atoms with Gasteiger partial charge in [-0.1, -0.05) is 30.7 Å². The van der Waals surface area contributed by atoms with Crippen molar-refractivity contribution in [2.24, 2.45) is 5.92 Å². The van der Waals surface area contributed by atoms with Gasteiger partial charge in [-0.3, -0.25) is 9.59 Å². The van der Waals surface area contributed by atoms with Crippen LogP contribution < -0.4 is 4.90 Å². The first-order valence-electron chi connectivity index (χ1n) is 8.70. The molecule has 0 aliphatic carbocycles. The maximum Gasteiger partial charge on any atom is 0.311 e. The van der Waals surface area contributed by atoms with Gasteiger partial charge in [-0.15, -0.1) is 11.3 Å². The Balaban J connectivity index is 1.99. The normalized spacial score (nSPS) is 20.6. The first-order valence-corrected chi connectivity index (χ1v) is 9.58. The molecule has 3 rings (SSSR count). The van der Waals surface area contributed by atoms with Crippen LogP contribution in [0.5, 0.6) is 0 Å². The zero-order chi connectivity index (χ0) is 17.8. The average molecular weight is 357 g/mol. The number of hydrogen-bond donors (Lipinski definition) is 0. The number of carbonyl (C=O) groups is 2. The summed E-state index contributed by atoms with van der Waals surface area (Å²) in [5.74, 6) is -0.476. The van der Waals surface area contributed by atoms with Crippen molar-refractivity contribution in [3.8, 4) is 0 Å². The van der Waals surface area contributed by atoms with E-state index in [1.165, 1.54) is 0 Å². The van der Waals surface area contributed by atoms with Crippen LogP contribution in [0.1, 0.15) is 42.7 Å². The molecule has 2 aromatic rings. The van der Waals surface area contributed by atoms with E-state index < -0.39 is 0 Å². The van der Waals surface area contributed by atoms with Crippen LogP contribution in [0.2, 0.25) is 0 Å². The Labute approximate surface area is 152 Å². The summed E-state index contributed by atoms with van der Waals surface area (Å²) in [6.07, 6.45) is 1.69. The molecule has 0 N–H and O–H groups in total. The molecule has 25 heavy (non-hydrogen) atoms. The maximum absolute atomic E-state index is 12.7. The van der Waals surface area contributed by atoms with Crippen molar-refractivity contribution in [1.82, 2.24) is 0 Å². The summed E-state index contributed by atoms with van der Waals surface area (Å²) in [6, 6.07) is 11.5. The quantitative estimate of drug-likeness (QED) is 0.741. The Kier molecular flexibility index (Phi) is 5.53. The predicted molar refractivity (Wildman–Crippen MR) is 99.7 cm³/mol. The fourth-order valence-corrected chi connectivity index (χ4v) is 4.12. The van der Waals surface area contributed by atoms with Crippen LogP contribution in [0.3, 0.4) is 0 Å². The summed E-state index contributed by atoms with van der Waals surface area (Å²) in [7, 11) is 0.